The molecule has 5 heteroatoms. The maximum absolute atomic E-state index is 4.76. The summed E-state index contributed by atoms with van der Waals surface area (Å²) in [6.07, 6.45) is 10.3. The van der Waals surface area contributed by atoms with E-state index in [0.717, 1.165) is 22.6 Å². The minimum absolute atomic E-state index is 0.584. The van der Waals surface area contributed by atoms with E-state index in [9.17, 15) is 0 Å². The van der Waals surface area contributed by atoms with Crippen molar-refractivity contribution in [3.05, 3.63) is 58.6 Å². The molecule has 3 aromatic rings. The normalized spacial score (nSPS) is 15.6. The predicted octanol–water partition coefficient (Wildman–Crippen LogP) is 5.14. The summed E-state index contributed by atoms with van der Waals surface area (Å²) in [7, 11) is 0. The van der Waals surface area contributed by atoms with Crippen molar-refractivity contribution in [3.63, 3.8) is 0 Å². The minimum Gasteiger partial charge on any atom is -0.363 e. The third-order valence-corrected chi connectivity index (χ3v) is 5.92. The van der Waals surface area contributed by atoms with Crippen LogP contribution < -0.4 is 4.90 Å². The monoisotopic (exact) mass is 398 g/mol. The Bertz CT molecular complexity index is 867. The molecule has 1 aliphatic carbocycles. The molecule has 2 heterocycles. The fourth-order valence-corrected chi connectivity index (χ4v) is 4.29. The lowest BCUT2D eigenvalue weighted by Gasteiger charge is -2.36. The highest BCUT2D eigenvalue weighted by atomic mass is 79.9. The number of hydrogen-bond acceptors (Lipinski definition) is 3. The second-order valence-corrected chi connectivity index (χ2v) is 7.65. The van der Waals surface area contributed by atoms with Gasteiger partial charge in [0.15, 0.2) is 0 Å². The molecule has 0 amide bonds. The van der Waals surface area contributed by atoms with Crippen LogP contribution in [0.15, 0.2) is 47.3 Å². The lowest BCUT2D eigenvalue weighted by Crippen LogP contribution is -2.36. The number of hydrogen-bond donors (Lipinski definition) is 0. The zero-order valence-corrected chi connectivity index (χ0v) is 16.1. The molecule has 0 N–H and O–H groups in total. The summed E-state index contributed by atoms with van der Waals surface area (Å²) in [5.41, 5.74) is 3.64. The fourth-order valence-electron chi connectivity index (χ4n) is 3.80. The molecule has 0 spiro atoms. The molecule has 0 saturated heterocycles. The molecule has 0 atom stereocenters. The first kappa shape index (κ1) is 16.6. The molecule has 1 saturated carbocycles. The molecule has 0 aliphatic heterocycles. The van der Waals surface area contributed by atoms with Crippen LogP contribution in [0.1, 0.15) is 43.4 Å². The van der Waals surface area contributed by atoms with E-state index in [1.165, 1.54) is 43.4 Å². The summed E-state index contributed by atoms with van der Waals surface area (Å²) in [6, 6.07) is 11.3. The first-order chi connectivity index (χ1) is 12.2. The van der Waals surface area contributed by atoms with Gasteiger partial charge in [0.2, 0.25) is 5.78 Å². The average molecular weight is 399 g/mol. The van der Waals surface area contributed by atoms with Gasteiger partial charge in [0, 0.05) is 24.1 Å². The summed E-state index contributed by atoms with van der Waals surface area (Å²) in [6.45, 7) is 2.96. The summed E-state index contributed by atoms with van der Waals surface area (Å²) >= 11 is 3.73. The Morgan fingerprint density at radius 3 is 2.80 bits per heavy atom. The number of anilines is 1. The van der Waals surface area contributed by atoms with Gasteiger partial charge < -0.3 is 4.90 Å². The van der Waals surface area contributed by atoms with Crippen LogP contribution in [-0.2, 0) is 6.54 Å². The van der Waals surface area contributed by atoms with Crippen molar-refractivity contribution >= 4 is 27.4 Å². The maximum atomic E-state index is 4.76. The maximum Gasteiger partial charge on any atom is 0.234 e. The summed E-state index contributed by atoms with van der Waals surface area (Å²) in [4.78, 5) is 11.7. The van der Waals surface area contributed by atoms with Gasteiger partial charge in [-0.15, -0.1) is 0 Å². The standard InChI is InChI=1S/C20H23BrN4/c1-15-7-5-10-17(13-15)25(16-8-3-2-4-9-16)14-18-19(21)24-12-6-11-22-20(24)23-18/h5-7,10-13,16H,2-4,8-9,14H2,1H3. The third-order valence-electron chi connectivity index (χ3n) is 5.08. The van der Waals surface area contributed by atoms with Gasteiger partial charge in [-0.3, -0.25) is 4.40 Å². The molecule has 1 aromatic carbocycles. The molecule has 4 nitrogen and oxygen atoms in total. The van der Waals surface area contributed by atoms with E-state index in [4.69, 9.17) is 4.98 Å². The second kappa shape index (κ2) is 7.16. The first-order valence-corrected chi connectivity index (χ1v) is 9.82. The Kier molecular flexibility index (Phi) is 4.75. The van der Waals surface area contributed by atoms with Crippen molar-refractivity contribution in [2.24, 2.45) is 0 Å². The summed E-state index contributed by atoms with van der Waals surface area (Å²) in [5.74, 6) is 0.747. The van der Waals surface area contributed by atoms with Crippen LogP contribution in [0.2, 0.25) is 0 Å². The average Bonchev–Trinajstić information content (AvgIpc) is 2.96. The van der Waals surface area contributed by atoms with Crippen LogP contribution in [-0.4, -0.2) is 20.4 Å². The molecule has 0 unspecified atom stereocenters. The molecule has 0 bridgehead atoms. The zero-order chi connectivity index (χ0) is 17.2. The van der Waals surface area contributed by atoms with Gasteiger partial charge in [0.05, 0.1) is 12.2 Å². The van der Waals surface area contributed by atoms with Crippen LogP contribution in [0, 0.1) is 6.92 Å². The van der Waals surface area contributed by atoms with E-state index in [-0.39, 0.29) is 0 Å². The van der Waals surface area contributed by atoms with E-state index in [0.29, 0.717) is 6.04 Å². The van der Waals surface area contributed by atoms with Gasteiger partial charge >= 0.3 is 0 Å². The Morgan fingerprint density at radius 2 is 2.04 bits per heavy atom. The third kappa shape index (κ3) is 3.43. The molecule has 130 valence electrons. The Balaban J connectivity index is 1.70. The van der Waals surface area contributed by atoms with Crippen molar-refractivity contribution in [1.29, 1.82) is 0 Å². The topological polar surface area (TPSA) is 33.4 Å². The van der Waals surface area contributed by atoms with Crippen LogP contribution in [0.25, 0.3) is 5.78 Å². The SMILES string of the molecule is Cc1cccc(N(Cc2nc3ncccn3c2Br)C2CCCCC2)c1. The van der Waals surface area contributed by atoms with Gasteiger partial charge in [-0.2, -0.15) is 0 Å². The highest BCUT2D eigenvalue weighted by Gasteiger charge is 2.24. The van der Waals surface area contributed by atoms with Gasteiger partial charge in [-0.05, 0) is 59.5 Å². The van der Waals surface area contributed by atoms with Crippen LogP contribution in [0.4, 0.5) is 5.69 Å². The summed E-state index contributed by atoms with van der Waals surface area (Å²) in [5, 5.41) is 0. The number of imidazole rings is 1. The molecule has 25 heavy (non-hydrogen) atoms. The van der Waals surface area contributed by atoms with E-state index in [1.54, 1.807) is 6.20 Å². The lowest BCUT2D eigenvalue weighted by atomic mass is 9.93. The lowest BCUT2D eigenvalue weighted by molar-refractivity contribution is 0.412. The van der Waals surface area contributed by atoms with Gasteiger partial charge in [0.1, 0.15) is 4.60 Å². The van der Waals surface area contributed by atoms with Crippen molar-refractivity contribution < 1.29 is 0 Å². The van der Waals surface area contributed by atoms with Crippen molar-refractivity contribution in [3.8, 4) is 0 Å². The fraction of sp³-hybridized carbons (Fsp3) is 0.400. The minimum atomic E-state index is 0.584. The van der Waals surface area contributed by atoms with E-state index in [2.05, 4.69) is 57.0 Å². The number of fused-ring (bicyclic) bond motifs is 1. The van der Waals surface area contributed by atoms with Gasteiger partial charge in [-0.1, -0.05) is 31.4 Å². The number of nitrogens with zero attached hydrogens (tertiary/aromatic N) is 4. The highest BCUT2D eigenvalue weighted by Crippen LogP contribution is 2.31. The highest BCUT2D eigenvalue weighted by molar-refractivity contribution is 9.10. The Morgan fingerprint density at radius 1 is 1.20 bits per heavy atom. The molecule has 4 rings (SSSR count). The zero-order valence-electron chi connectivity index (χ0n) is 14.5. The van der Waals surface area contributed by atoms with Gasteiger partial charge in [0.25, 0.3) is 0 Å². The van der Waals surface area contributed by atoms with E-state index < -0.39 is 0 Å². The molecule has 1 fully saturated rings. The molecule has 1 aliphatic rings. The Labute approximate surface area is 157 Å². The van der Waals surface area contributed by atoms with E-state index in [1.807, 2.05) is 16.7 Å². The van der Waals surface area contributed by atoms with Gasteiger partial charge in [-0.25, -0.2) is 9.97 Å². The second-order valence-electron chi connectivity index (χ2n) is 6.90. The van der Waals surface area contributed by atoms with Crippen molar-refractivity contribution in [1.82, 2.24) is 14.4 Å². The van der Waals surface area contributed by atoms with Crippen LogP contribution in [0.5, 0.6) is 0 Å². The largest absolute Gasteiger partial charge is 0.363 e. The number of aryl methyl sites for hydroxylation is 1. The number of benzene rings is 1. The summed E-state index contributed by atoms with van der Waals surface area (Å²) < 4.78 is 3.01. The molecular weight excluding hydrogens is 376 g/mol. The predicted molar refractivity (Wildman–Crippen MR) is 105 cm³/mol. The molecular formula is C20H23BrN4. The van der Waals surface area contributed by atoms with Crippen molar-refractivity contribution in [2.45, 2.75) is 51.6 Å². The van der Waals surface area contributed by atoms with Crippen LogP contribution >= 0.6 is 15.9 Å². The van der Waals surface area contributed by atoms with Crippen molar-refractivity contribution in [2.75, 3.05) is 4.90 Å². The first-order valence-electron chi connectivity index (χ1n) is 9.03. The quantitative estimate of drug-likeness (QED) is 0.609. The van der Waals surface area contributed by atoms with E-state index >= 15 is 0 Å². The number of aromatic nitrogens is 3. The molecule has 2 aromatic heterocycles. The number of rotatable bonds is 4. The molecule has 0 radical (unpaired) electrons. The Hall–Kier alpha value is -1.88. The van der Waals surface area contributed by atoms with Crippen LogP contribution in [0.3, 0.4) is 0 Å². The smallest absolute Gasteiger partial charge is 0.234 e. The number of halogens is 1.